The Morgan fingerprint density at radius 2 is 2.08 bits per heavy atom. The van der Waals surface area contributed by atoms with Gasteiger partial charge < -0.3 is 10.0 Å². The Morgan fingerprint density at radius 1 is 1.35 bits per heavy atom. The number of benzene rings is 1. The Bertz CT molecular complexity index is 900. The van der Waals surface area contributed by atoms with Crippen LogP contribution in [0.15, 0.2) is 23.2 Å². The van der Waals surface area contributed by atoms with Crippen molar-refractivity contribution in [2.24, 2.45) is 4.99 Å². The number of carboxylic acid groups (broad SMARTS) is 1. The summed E-state index contributed by atoms with van der Waals surface area (Å²) < 4.78 is 24.0. The number of aliphatic carboxylic acids is 1. The number of amidine groups is 1. The van der Waals surface area contributed by atoms with E-state index in [4.69, 9.17) is 16.7 Å². The summed E-state index contributed by atoms with van der Waals surface area (Å²) >= 11 is 7.45. The smallest absolute Gasteiger partial charge is 0.303 e. The van der Waals surface area contributed by atoms with Gasteiger partial charge in [0.05, 0.1) is 24.0 Å². The average Bonchev–Trinajstić information content (AvgIpc) is 2.99. The molecule has 2 saturated heterocycles. The van der Waals surface area contributed by atoms with Gasteiger partial charge in [-0.2, -0.15) is 4.99 Å². The summed E-state index contributed by atoms with van der Waals surface area (Å²) in [7, 11) is -3.15. The molecule has 1 aromatic rings. The van der Waals surface area contributed by atoms with Gasteiger partial charge in [0, 0.05) is 22.4 Å². The van der Waals surface area contributed by atoms with Gasteiger partial charge in [0.15, 0.2) is 15.0 Å². The Balaban J connectivity index is 1.94. The number of fused-ring (bicyclic) bond motifs is 1. The number of carbonyl (C=O) groups is 2. The maximum Gasteiger partial charge on any atom is 0.303 e. The second kappa shape index (κ2) is 7.21. The molecule has 1 aromatic carbocycles. The fourth-order valence-corrected chi connectivity index (χ4v) is 7.08. The first-order chi connectivity index (χ1) is 12.2. The maximum atomic E-state index is 12.0. The van der Waals surface area contributed by atoms with Crippen molar-refractivity contribution in [2.75, 3.05) is 16.4 Å². The monoisotopic (exact) mass is 416 g/mol. The first kappa shape index (κ1) is 19.2. The Hall–Kier alpha value is -1.58. The van der Waals surface area contributed by atoms with Crippen LogP contribution in [0, 0.1) is 6.92 Å². The number of sulfone groups is 1. The maximum absolute atomic E-state index is 12.0. The molecule has 0 aromatic heterocycles. The zero-order chi connectivity index (χ0) is 19.1. The van der Waals surface area contributed by atoms with E-state index in [1.165, 1.54) is 11.8 Å². The minimum atomic E-state index is -3.15. The third-order valence-electron chi connectivity index (χ3n) is 4.27. The van der Waals surface area contributed by atoms with E-state index in [2.05, 4.69) is 4.99 Å². The van der Waals surface area contributed by atoms with Crippen LogP contribution in [0.25, 0.3) is 0 Å². The minimum Gasteiger partial charge on any atom is -0.481 e. The molecule has 3 rings (SSSR count). The second-order valence-corrected chi connectivity index (χ2v) is 10.1. The molecule has 26 heavy (non-hydrogen) atoms. The largest absolute Gasteiger partial charge is 0.481 e. The van der Waals surface area contributed by atoms with Crippen molar-refractivity contribution in [1.82, 2.24) is 0 Å². The molecule has 0 bridgehead atoms. The van der Waals surface area contributed by atoms with Crippen molar-refractivity contribution < 1.29 is 23.1 Å². The second-order valence-electron chi connectivity index (χ2n) is 6.29. The lowest BCUT2D eigenvalue weighted by molar-refractivity contribution is -0.138. The number of amides is 1. The van der Waals surface area contributed by atoms with Gasteiger partial charge in [0.2, 0.25) is 5.91 Å². The SMILES string of the molecule is Cc1ccc(N2C(=NC(=O)CCC(=O)O)S[C@H]3CS(=O)(=O)C[C@@H]32)cc1Cl. The van der Waals surface area contributed by atoms with Crippen LogP contribution >= 0.6 is 23.4 Å². The van der Waals surface area contributed by atoms with Gasteiger partial charge >= 0.3 is 5.97 Å². The highest BCUT2D eigenvalue weighted by Gasteiger charge is 2.49. The number of rotatable bonds is 4. The molecule has 1 N–H and O–H groups in total. The molecular weight excluding hydrogens is 400 g/mol. The molecule has 0 aliphatic carbocycles. The van der Waals surface area contributed by atoms with Crippen LogP contribution in [-0.2, 0) is 19.4 Å². The number of carbonyl (C=O) groups excluding carboxylic acids is 1. The molecule has 2 aliphatic rings. The number of carboxylic acids is 1. The molecule has 1 amide bonds. The Kier molecular flexibility index (Phi) is 5.32. The van der Waals surface area contributed by atoms with E-state index in [0.29, 0.717) is 15.9 Å². The van der Waals surface area contributed by atoms with E-state index in [9.17, 15) is 18.0 Å². The highest BCUT2D eigenvalue weighted by atomic mass is 35.5. The van der Waals surface area contributed by atoms with Crippen LogP contribution in [-0.4, -0.2) is 53.4 Å². The van der Waals surface area contributed by atoms with Gasteiger partial charge in [-0.15, -0.1) is 0 Å². The Morgan fingerprint density at radius 3 is 2.73 bits per heavy atom. The zero-order valence-corrected chi connectivity index (χ0v) is 16.3. The quantitative estimate of drug-likeness (QED) is 0.801. The predicted octanol–water partition coefficient (Wildman–Crippen LogP) is 2.11. The first-order valence-corrected chi connectivity index (χ1v) is 11.0. The van der Waals surface area contributed by atoms with E-state index in [1.54, 1.807) is 11.0 Å². The number of halogens is 1. The van der Waals surface area contributed by atoms with Crippen LogP contribution in [0.5, 0.6) is 0 Å². The van der Waals surface area contributed by atoms with E-state index in [1.807, 2.05) is 19.1 Å². The molecule has 2 fully saturated rings. The van der Waals surface area contributed by atoms with Crippen molar-refractivity contribution in [3.05, 3.63) is 28.8 Å². The predicted molar refractivity (Wildman–Crippen MR) is 102 cm³/mol. The molecule has 0 radical (unpaired) electrons. The van der Waals surface area contributed by atoms with Crippen molar-refractivity contribution in [2.45, 2.75) is 31.1 Å². The molecule has 140 valence electrons. The van der Waals surface area contributed by atoms with E-state index in [0.717, 1.165) is 5.56 Å². The number of hydrogen-bond donors (Lipinski definition) is 1. The van der Waals surface area contributed by atoms with Gasteiger partial charge in [-0.25, -0.2) is 8.42 Å². The number of nitrogens with zero attached hydrogens (tertiary/aromatic N) is 2. The molecule has 10 heteroatoms. The summed E-state index contributed by atoms with van der Waals surface area (Å²) in [5.74, 6) is -1.59. The Labute approximate surface area is 160 Å². The summed E-state index contributed by atoms with van der Waals surface area (Å²) in [4.78, 5) is 28.4. The first-order valence-electron chi connectivity index (χ1n) is 7.92. The van der Waals surface area contributed by atoms with Gasteiger partial charge in [0.1, 0.15) is 0 Å². The molecule has 0 unspecified atom stereocenters. The number of anilines is 1. The average molecular weight is 417 g/mol. The molecular formula is C16H17ClN2O5S2. The van der Waals surface area contributed by atoms with Gasteiger partial charge in [-0.1, -0.05) is 29.4 Å². The van der Waals surface area contributed by atoms with Gasteiger partial charge in [-0.05, 0) is 24.6 Å². The van der Waals surface area contributed by atoms with E-state index >= 15 is 0 Å². The van der Waals surface area contributed by atoms with Gasteiger partial charge in [0.25, 0.3) is 0 Å². The fraction of sp³-hybridized carbons (Fsp3) is 0.438. The highest BCUT2D eigenvalue weighted by molar-refractivity contribution is 8.16. The van der Waals surface area contributed by atoms with Gasteiger partial charge in [-0.3, -0.25) is 9.59 Å². The number of hydrogen-bond acceptors (Lipinski definition) is 5. The highest BCUT2D eigenvalue weighted by Crippen LogP contribution is 2.41. The standard InChI is InChI=1S/C16H17ClN2O5S2/c1-9-2-3-10(6-11(9)17)19-12-7-26(23,24)8-13(12)25-16(19)18-14(20)4-5-15(21)22/h2-3,6,12-13H,4-5,7-8H2,1H3,(H,21,22)/t12-,13-/m0/s1. The summed E-state index contributed by atoms with van der Waals surface area (Å²) in [5.41, 5.74) is 1.55. The van der Waals surface area contributed by atoms with Crippen LogP contribution < -0.4 is 4.90 Å². The lowest BCUT2D eigenvalue weighted by Gasteiger charge is -2.25. The summed E-state index contributed by atoms with van der Waals surface area (Å²) in [6, 6.07) is 5.03. The van der Waals surface area contributed by atoms with Crippen molar-refractivity contribution in [1.29, 1.82) is 0 Å². The number of aryl methyl sites for hydroxylation is 1. The molecule has 2 heterocycles. The van der Waals surface area contributed by atoms with Crippen molar-refractivity contribution in [3.8, 4) is 0 Å². The third kappa shape index (κ3) is 4.05. The minimum absolute atomic E-state index is 0.0154. The van der Waals surface area contributed by atoms with Crippen LogP contribution in [0.4, 0.5) is 5.69 Å². The molecule has 2 aliphatic heterocycles. The number of aliphatic imine (C=N–C) groups is 1. The van der Waals surface area contributed by atoms with Crippen LogP contribution in [0.3, 0.4) is 0 Å². The van der Waals surface area contributed by atoms with E-state index < -0.39 is 21.7 Å². The van der Waals surface area contributed by atoms with Crippen LogP contribution in [0.1, 0.15) is 18.4 Å². The molecule has 7 nitrogen and oxygen atoms in total. The van der Waals surface area contributed by atoms with E-state index in [-0.39, 0.29) is 35.6 Å². The lowest BCUT2D eigenvalue weighted by Crippen LogP contribution is -2.37. The van der Waals surface area contributed by atoms with Crippen molar-refractivity contribution >= 4 is 55.9 Å². The molecule has 0 saturated carbocycles. The summed E-state index contributed by atoms with van der Waals surface area (Å²) in [6.07, 6.45) is -0.493. The fourth-order valence-electron chi connectivity index (χ4n) is 2.97. The van der Waals surface area contributed by atoms with Crippen LogP contribution in [0.2, 0.25) is 5.02 Å². The third-order valence-corrected chi connectivity index (χ3v) is 7.89. The number of thioether (sulfide) groups is 1. The summed E-state index contributed by atoms with van der Waals surface area (Å²) in [5, 5.41) is 9.41. The topological polar surface area (TPSA) is 104 Å². The zero-order valence-electron chi connectivity index (χ0n) is 13.9. The lowest BCUT2D eigenvalue weighted by atomic mass is 10.1. The summed E-state index contributed by atoms with van der Waals surface area (Å²) in [6.45, 7) is 1.86. The van der Waals surface area contributed by atoms with Crippen molar-refractivity contribution in [3.63, 3.8) is 0 Å². The molecule has 0 spiro atoms. The normalized spacial score (nSPS) is 25.5. The molecule has 2 atom stereocenters.